The van der Waals surface area contributed by atoms with Crippen molar-refractivity contribution in [3.8, 4) is 0 Å². The van der Waals surface area contributed by atoms with Crippen molar-refractivity contribution in [2.45, 2.75) is 24.8 Å². The number of piperazine rings is 2. The molecule has 0 bridgehead atoms. The summed E-state index contributed by atoms with van der Waals surface area (Å²) in [7, 11) is -0.522. The molecule has 2 aliphatic heterocycles. The molecule has 1 aromatic rings. The minimum atomic E-state index is -3.77. The van der Waals surface area contributed by atoms with Gasteiger partial charge < -0.3 is 9.80 Å². The summed E-state index contributed by atoms with van der Waals surface area (Å²) in [6.07, 6.45) is 0. The third-order valence-corrected chi connectivity index (χ3v) is 6.86. The SMILES string of the molecule is Cc1nn(C)c(C)c1S(=O)(=O)N1CCN2C(=O)CN(C)C(=O)C2C1. The number of fused-ring (bicyclic) bond motifs is 1. The average molecular weight is 355 g/mol. The molecule has 0 saturated carbocycles. The van der Waals surface area contributed by atoms with Crippen molar-refractivity contribution in [2.75, 3.05) is 33.2 Å². The van der Waals surface area contributed by atoms with Crippen molar-refractivity contribution in [2.24, 2.45) is 7.05 Å². The molecule has 1 atom stereocenters. The number of rotatable bonds is 2. The Hall–Kier alpha value is -1.94. The zero-order valence-corrected chi connectivity index (χ0v) is 15.0. The van der Waals surface area contributed by atoms with E-state index in [0.717, 1.165) is 0 Å². The molecule has 3 heterocycles. The topological polar surface area (TPSA) is 95.8 Å². The molecule has 0 aliphatic carbocycles. The Balaban J connectivity index is 1.94. The van der Waals surface area contributed by atoms with Gasteiger partial charge in [-0.15, -0.1) is 0 Å². The lowest BCUT2D eigenvalue weighted by molar-refractivity contribution is -0.156. The van der Waals surface area contributed by atoms with Crippen LogP contribution < -0.4 is 0 Å². The fourth-order valence-corrected chi connectivity index (χ4v) is 5.21. The van der Waals surface area contributed by atoms with Gasteiger partial charge in [0.25, 0.3) is 0 Å². The molecule has 1 aromatic heterocycles. The Morgan fingerprint density at radius 3 is 2.38 bits per heavy atom. The highest BCUT2D eigenvalue weighted by Crippen LogP contribution is 2.26. The van der Waals surface area contributed by atoms with Crippen molar-refractivity contribution in [1.82, 2.24) is 23.9 Å². The maximum absolute atomic E-state index is 13.0. The van der Waals surface area contributed by atoms with E-state index in [9.17, 15) is 18.0 Å². The van der Waals surface area contributed by atoms with E-state index < -0.39 is 16.1 Å². The lowest BCUT2D eigenvalue weighted by Crippen LogP contribution is -2.66. The lowest BCUT2D eigenvalue weighted by atomic mass is 10.1. The predicted molar refractivity (Wildman–Crippen MR) is 84.6 cm³/mol. The minimum Gasteiger partial charge on any atom is -0.335 e. The van der Waals surface area contributed by atoms with Crippen LogP contribution in [0.3, 0.4) is 0 Å². The van der Waals surface area contributed by atoms with Crippen LogP contribution in [0.5, 0.6) is 0 Å². The van der Waals surface area contributed by atoms with Crippen molar-refractivity contribution in [3.05, 3.63) is 11.4 Å². The van der Waals surface area contributed by atoms with Crippen LogP contribution in [0.2, 0.25) is 0 Å². The van der Waals surface area contributed by atoms with Crippen LogP contribution in [0.25, 0.3) is 0 Å². The largest absolute Gasteiger partial charge is 0.335 e. The minimum absolute atomic E-state index is 0.0228. The smallest absolute Gasteiger partial charge is 0.246 e. The van der Waals surface area contributed by atoms with E-state index >= 15 is 0 Å². The summed E-state index contributed by atoms with van der Waals surface area (Å²) in [5.41, 5.74) is 0.985. The van der Waals surface area contributed by atoms with E-state index in [1.807, 2.05) is 0 Å². The maximum atomic E-state index is 13.0. The molecule has 2 aliphatic rings. The van der Waals surface area contributed by atoms with Gasteiger partial charge in [-0.05, 0) is 13.8 Å². The summed E-state index contributed by atoms with van der Waals surface area (Å²) in [6, 6.07) is -0.753. The number of aryl methyl sites for hydroxylation is 2. The molecule has 2 amide bonds. The highest BCUT2D eigenvalue weighted by atomic mass is 32.2. The number of hydrogen-bond acceptors (Lipinski definition) is 5. The van der Waals surface area contributed by atoms with Gasteiger partial charge in [0.1, 0.15) is 10.9 Å². The van der Waals surface area contributed by atoms with E-state index in [2.05, 4.69) is 5.10 Å². The third-order valence-electron chi connectivity index (χ3n) is 4.74. The van der Waals surface area contributed by atoms with E-state index in [4.69, 9.17) is 0 Å². The fourth-order valence-electron chi connectivity index (χ4n) is 3.37. The molecule has 2 fully saturated rings. The Morgan fingerprint density at radius 1 is 1.12 bits per heavy atom. The molecule has 1 unspecified atom stereocenters. The number of hydrogen-bond donors (Lipinski definition) is 0. The van der Waals surface area contributed by atoms with Gasteiger partial charge in [-0.2, -0.15) is 9.40 Å². The summed E-state index contributed by atoms with van der Waals surface area (Å²) in [5, 5.41) is 4.16. The van der Waals surface area contributed by atoms with Crippen LogP contribution in [0, 0.1) is 13.8 Å². The summed E-state index contributed by atoms with van der Waals surface area (Å²) < 4.78 is 28.9. The molecule has 10 heteroatoms. The molecule has 2 saturated heterocycles. The normalized spacial score (nSPS) is 22.9. The Kier molecular flexibility index (Phi) is 3.91. The number of amides is 2. The first-order valence-corrected chi connectivity index (χ1v) is 9.13. The standard InChI is InChI=1S/C14H21N5O4S/c1-9-13(10(2)17(4)15-9)24(22,23)18-5-6-19-11(7-18)14(21)16(3)8-12(19)20/h11H,5-8H2,1-4H3. The van der Waals surface area contributed by atoms with Crippen LogP contribution in [0.1, 0.15) is 11.4 Å². The van der Waals surface area contributed by atoms with Gasteiger partial charge in [0, 0.05) is 33.7 Å². The predicted octanol–water partition coefficient (Wildman–Crippen LogP) is -1.29. The van der Waals surface area contributed by atoms with Crippen LogP contribution in [0.4, 0.5) is 0 Å². The van der Waals surface area contributed by atoms with Gasteiger partial charge in [0.05, 0.1) is 17.9 Å². The van der Waals surface area contributed by atoms with Gasteiger partial charge in [0.15, 0.2) is 0 Å². The zero-order valence-electron chi connectivity index (χ0n) is 14.2. The van der Waals surface area contributed by atoms with E-state index in [1.165, 1.54) is 18.8 Å². The molecular formula is C14H21N5O4S. The van der Waals surface area contributed by atoms with E-state index in [0.29, 0.717) is 11.4 Å². The number of nitrogens with zero attached hydrogens (tertiary/aromatic N) is 5. The summed E-state index contributed by atoms with van der Waals surface area (Å²) in [6.45, 7) is 3.77. The highest BCUT2D eigenvalue weighted by Gasteiger charge is 2.44. The average Bonchev–Trinajstić information content (AvgIpc) is 2.77. The fraction of sp³-hybridized carbons (Fsp3) is 0.643. The molecule has 0 aromatic carbocycles. The maximum Gasteiger partial charge on any atom is 0.246 e. The highest BCUT2D eigenvalue weighted by molar-refractivity contribution is 7.89. The Labute approximate surface area is 140 Å². The van der Waals surface area contributed by atoms with Crippen LogP contribution in [-0.4, -0.2) is 83.4 Å². The molecule has 0 radical (unpaired) electrons. The molecule has 0 spiro atoms. The molecule has 132 valence electrons. The Bertz CT molecular complexity index is 815. The number of likely N-dealkylation sites (N-methyl/N-ethyl adjacent to an activating group) is 1. The second kappa shape index (κ2) is 5.55. The van der Waals surface area contributed by atoms with Gasteiger partial charge in [-0.1, -0.05) is 0 Å². The number of aromatic nitrogens is 2. The van der Waals surface area contributed by atoms with Crippen LogP contribution in [0.15, 0.2) is 4.90 Å². The first kappa shape index (κ1) is 16.9. The van der Waals surface area contributed by atoms with E-state index in [-0.39, 0.29) is 42.9 Å². The van der Waals surface area contributed by atoms with E-state index in [1.54, 1.807) is 27.9 Å². The molecule has 9 nitrogen and oxygen atoms in total. The first-order chi connectivity index (χ1) is 11.1. The summed E-state index contributed by atoms with van der Waals surface area (Å²) >= 11 is 0. The number of sulfonamides is 1. The molecule has 24 heavy (non-hydrogen) atoms. The third kappa shape index (κ3) is 2.40. The quantitative estimate of drug-likeness (QED) is 0.658. The molecule has 0 N–H and O–H groups in total. The first-order valence-electron chi connectivity index (χ1n) is 7.69. The second-order valence-electron chi connectivity index (χ2n) is 6.28. The zero-order chi connectivity index (χ0) is 17.8. The summed E-state index contributed by atoms with van der Waals surface area (Å²) in [5.74, 6) is -0.373. The molecule has 3 rings (SSSR count). The number of carbonyl (C=O) groups excluding carboxylic acids is 2. The van der Waals surface area contributed by atoms with Crippen molar-refractivity contribution in [1.29, 1.82) is 0 Å². The van der Waals surface area contributed by atoms with Crippen LogP contribution in [-0.2, 0) is 26.7 Å². The molecular weight excluding hydrogens is 334 g/mol. The van der Waals surface area contributed by atoms with Gasteiger partial charge in [-0.25, -0.2) is 8.42 Å². The van der Waals surface area contributed by atoms with Gasteiger partial charge in [0.2, 0.25) is 21.8 Å². The Morgan fingerprint density at radius 2 is 1.79 bits per heavy atom. The lowest BCUT2D eigenvalue weighted by Gasteiger charge is -2.44. The van der Waals surface area contributed by atoms with Gasteiger partial charge in [-0.3, -0.25) is 14.3 Å². The number of carbonyl (C=O) groups is 2. The van der Waals surface area contributed by atoms with Crippen molar-refractivity contribution >= 4 is 21.8 Å². The summed E-state index contributed by atoms with van der Waals surface area (Å²) in [4.78, 5) is 27.4. The van der Waals surface area contributed by atoms with Crippen molar-refractivity contribution in [3.63, 3.8) is 0 Å². The van der Waals surface area contributed by atoms with Gasteiger partial charge >= 0.3 is 0 Å². The van der Waals surface area contributed by atoms with Crippen molar-refractivity contribution < 1.29 is 18.0 Å². The van der Waals surface area contributed by atoms with Crippen LogP contribution >= 0.6 is 0 Å². The second-order valence-corrected chi connectivity index (χ2v) is 8.16. The monoisotopic (exact) mass is 355 g/mol.